The van der Waals surface area contributed by atoms with Gasteiger partial charge in [-0.2, -0.15) is 0 Å². The number of rotatable bonds is 3. The zero-order valence-corrected chi connectivity index (χ0v) is 11.7. The van der Waals surface area contributed by atoms with Crippen molar-refractivity contribution in [2.75, 3.05) is 18.0 Å². The molecular weight excluding hydrogens is 264 g/mol. The molecule has 1 aromatic carbocycles. The van der Waals surface area contributed by atoms with E-state index in [2.05, 4.69) is 4.90 Å². The number of halogens is 1. The highest BCUT2D eigenvalue weighted by Gasteiger charge is 2.16. The Kier molecular flexibility index (Phi) is 5.02. The molecule has 0 spiro atoms. The van der Waals surface area contributed by atoms with Crippen LogP contribution in [0.2, 0.25) is 0 Å². The van der Waals surface area contributed by atoms with Crippen molar-refractivity contribution in [2.45, 2.75) is 38.0 Å². The number of benzene rings is 1. The van der Waals surface area contributed by atoms with E-state index >= 15 is 0 Å². The first-order valence-electron chi connectivity index (χ1n) is 6.80. The Labute approximate surface area is 118 Å². The van der Waals surface area contributed by atoms with Gasteiger partial charge in [-0.15, -0.1) is 11.6 Å². The van der Waals surface area contributed by atoms with Gasteiger partial charge >= 0.3 is 0 Å². The van der Waals surface area contributed by atoms with Gasteiger partial charge in [0.2, 0.25) is 0 Å². The fourth-order valence-corrected chi connectivity index (χ4v) is 2.80. The van der Waals surface area contributed by atoms with Crippen LogP contribution in [-0.4, -0.2) is 18.0 Å². The quantitative estimate of drug-likeness (QED) is 0.476. The molecule has 0 aromatic heterocycles. The number of nitrogens with zero attached hydrogens (tertiary/aromatic N) is 2. The third kappa shape index (κ3) is 3.60. The number of hydrogen-bond donors (Lipinski definition) is 0. The van der Waals surface area contributed by atoms with E-state index in [1.54, 1.807) is 12.1 Å². The predicted molar refractivity (Wildman–Crippen MR) is 78.0 cm³/mol. The van der Waals surface area contributed by atoms with Crippen LogP contribution in [0.1, 0.15) is 37.7 Å². The monoisotopic (exact) mass is 282 g/mol. The van der Waals surface area contributed by atoms with Gasteiger partial charge in [0, 0.05) is 36.8 Å². The second-order valence-electron chi connectivity index (χ2n) is 4.96. The normalized spacial score (nSPS) is 16.8. The topological polar surface area (TPSA) is 46.4 Å². The summed E-state index contributed by atoms with van der Waals surface area (Å²) in [6.45, 7) is 2.03. The number of nitro benzene ring substituents is 1. The third-order valence-electron chi connectivity index (χ3n) is 3.61. The number of alkyl halides is 1. The van der Waals surface area contributed by atoms with E-state index in [-0.39, 0.29) is 10.6 Å². The van der Waals surface area contributed by atoms with Gasteiger partial charge in [-0.1, -0.05) is 19.3 Å². The van der Waals surface area contributed by atoms with Gasteiger partial charge in [-0.05, 0) is 24.5 Å². The maximum Gasteiger partial charge on any atom is 0.269 e. The summed E-state index contributed by atoms with van der Waals surface area (Å²) in [4.78, 5) is 12.8. The van der Waals surface area contributed by atoms with Crippen molar-refractivity contribution in [1.82, 2.24) is 0 Å². The molecule has 0 saturated carbocycles. The summed E-state index contributed by atoms with van der Waals surface area (Å²) in [7, 11) is 0. The van der Waals surface area contributed by atoms with Gasteiger partial charge in [0.25, 0.3) is 5.69 Å². The molecule has 0 unspecified atom stereocenters. The molecule has 0 amide bonds. The zero-order chi connectivity index (χ0) is 13.7. The Bertz CT molecular complexity index is 443. The number of nitro groups is 1. The van der Waals surface area contributed by atoms with Crippen molar-refractivity contribution >= 4 is 23.0 Å². The van der Waals surface area contributed by atoms with Crippen molar-refractivity contribution in [3.8, 4) is 0 Å². The molecule has 5 heteroatoms. The lowest BCUT2D eigenvalue weighted by molar-refractivity contribution is -0.384. The lowest BCUT2D eigenvalue weighted by Gasteiger charge is -2.28. The maximum atomic E-state index is 10.8. The molecule has 2 rings (SSSR count). The molecule has 1 aliphatic rings. The van der Waals surface area contributed by atoms with Crippen molar-refractivity contribution in [3.63, 3.8) is 0 Å². The van der Waals surface area contributed by atoms with Gasteiger partial charge in [0.1, 0.15) is 0 Å². The molecular formula is C14H19ClN2O2. The Morgan fingerprint density at radius 2 is 1.79 bits per heavy atom. The van der Waals surface area contributed by atoms with Crippen LogP contribution in [-0.2, 0) is 5.88 Å². The molecule has 0 bridgehead atoms. The lowest BCUT2D eigenvalue weighted by Crippen LogP contribution is -2.27. The van der Waals surface area contributed by atoms with E-state index < -0.39 is 0 Å². The number of hydrogen-bond acceptors (Lipinski definition) is 3. The third-order valence-corrected chi connectivity index (χ3v) is 3.90. The first-order valence-corrected chi connectivity index (χ1v) is 7.34. The molecule has 19 heavy (non-hydrogen) atoms. The van der Waals surface area contributed by atoms with Crippen LogP contribution in [0.15, 0.2) is 18.2 Å². The minimum atomic E-state index is -0.368. The molecule has 1 aliphatic heterocycles. The number of anilines is 1. The second-order valence-corrected chi connectivity index (χ2v) is 5.23. The van der Waals surface area contributed by atoms with Gasteiger partial charge in [0.05, 0.1) is 4.92 Å². The van der Waals surface area contributed by atoms with Crippen LogP contribution in [0.3, 0.4) is 0 Å². The van der Waals surface area contributed by atoms with Gasteiger partial charge in [-0.25, -0.2) is 0 Å². The molecule has 1 heterocycles. The Balaban J connectivity index is 2.24. The smallest absolute Gasteiger partial charge is 0.269 e. The Morgan fingerprint density at radius 1 is 1.16 bits per heavy atom. The van der Waals surface area contributed by atoms with E-state index in [1.165, 1.54) is 32.1 Å². The van der Waals surface area contributed by atoms with Crippen molar-refractivity contribution < 1.29 is 4.92 Å². The molecule has 1 aromatic rings. The van der Waals surface area contributed by atoms with Gasteiger partial charge < -0.3 is 4.90 Å². The minimum absolute atomic E-state index is 0.117. The SMILES string of the molecule is O=[N+]([O-])c1ccc(N2CCCCCCC2)c(CCl)c1. The summed E-state index contributed by atoms with van der Waals surface area (Å²) in [6, 6.07) is 5.02. The zero-order valence-electron chi connectivity index (χ0n) is 11.0. The molecule has 0 aliphatic carbocycles. The standard InChI is InChI=1S/C14H19ClN2O2/c15-11-12-10-13(17(18)19)6-7-14(12)16-8-4-2-1-3-5-9-16/h6-7,10H,1-5,8-9,11H2. The van der Waals surface area contributed by atoms with E-state index in [1.807, 2.05) is 6.07 Å². The average Bonchev–Trinajstić information content (AvgIpc) is 2.38. The minimum Gasteiger partial charge on any atom is -0.371 e. The summed E-state index contributed by atoms with van der Waals surface area (Å²) in [6.07, 6.45) is 6.20. The summed E-state index contributed by atoms with van der Waals surface area (Å²) in [5.74, 6) is 0.313. The van der Waals surface area contributed by atoms with Crippen molar-refractivity contribution in [2.24, 2.45) is 0 Å². The lowest BCUT2D eigenvalue weighted by atomic mass is 10.1. The van der Waals surface area contributed by atoms with E-state index in [0.717, 1.165) is 24.3 Å². The van der Waals surface area contributed by atoms with Crippen molar-refractivity contribution in [1.29, 1.82) is 0 Å². The Hall–Kier alpha value is -1.29. The van der Waals surface area contributed by atoms with E-state index in [4.69, 9.17) is 11.6 Å². The van der Waals surface area contributed by atoms with Crippen LogP contribution < -0.4 is 4.90 Å². The van der Waals surface area contributed by atoms with E-state index in [0.29, 0.717) is 5.88 Å². The fraction of sp³-hybridized carbons (Fsp3) is 0.571. The van der Waals surface area contributed by atoms with E-state index in [9.17, 15) is 10.1 Å². The van der Waals surface area contributed by atoms with Crippen LogP contribution in [0.25, 0.3) is 0 Å². The first-order chi connectivity index (χ1) is 9.22. The fourth-order valence-electron chi connectivity index (χ4n) is 2.59. The molecule has 0 atom stereocenters. The molecule has 0 radical (unpaired) electrons. The predicted octanol–water partition coefficient (Wildman–Crippen LogP) is 4.10. The van der Waals surface area contributed by atoms with Gasteiger partial charge in [0.15, 0.2) is 0 Å². The Morgan fingerprint density at radius 3 is 2.37 bits per heavy atom. The molecule has 104 valence electrons. The second kappa shape index (κ2) is 6.75. The molecule has 4 nitrogen and oxygen atoms in total. The largest absolute Gasteiger partial charge is 0.371 e. The maximum absolute atomic E-state index is 10.8. The van der Waals surface area contributed by atoms with Crippen LogP contribution in [0.5, 0.6) is 0 Å². The van der Waals surface area contributed by atoms with Crippen molar-refractivity contribution in [3.05, 3.63) is 33.9 Å². The highest BCUT2D eigenvalue weighted by atomic mass is 35.5. The summed E-state index contributed by atoms with van der Waals surface area (Å²) < 4.78 is 0. The van der Waals surface area contributed by atoms with Crippen LogP contribution in [0.4, 0.5) is 11.4 Å². The average molecular weight is 283 g/mol. The summed E-state index contributed by atoms with van der Waals surface area (Å²) >= 11 is 5.95. The molecule has 0 N–H and O–H groups in total. The summed E-state index contributed by atoms with van der Waals surface area (Å²) in [5, 5.41) is 10.8. The summed E-state index contributed by atoms with van der Waals surface area (Å²) in [5.41, 5.74) is 2.03. The van der Waals surface area contributed by atoms with Gasteiger partial charge in [-0.3, -0.25) is 10.1 Å². The van der Waals surface area contributed by atoms with Crippen LogP contribution >= 0.6 is 11.6 Å². The highest BCUT2D eigenvalue weighted by molar-refractivity contribution is 6.17. The number of non-ortho nitro benzene ring substituents is 1. The first kappa shape index (κ1) is 14.1. The van der Waals surface area contributed by atoms with Crippen LogP contribution in [0, 0.1) is 10.1 Å². The molecule has 1 fully saturated rings. The molecule has 1 saturated heterocycles. The highest BCUT2D eigenvalue weighted by Crippen LogP contribution is 2.28.